The van der Waals surface area contributed by atoms with Gasteiger partial charge < -0.3 is 0 Å². The second-order valence-electron chi connectivity index (χ2n) is 3.60. The molecule has 0 amide bonds. The third-order valence-electron chi connectivity index (χ3n) is 2.64. The molecular weight excluding hydrogens is 203 g/mol. The second-order valence-corrected chi connectivity index (χ2v) is 4.76. The van der Waals surface area contributed by atoms with Gasteiger partial charge >= 0.3 is 0 Å². The van der Waals surface area contributed by atoms with Gasteiger partial charge in [0, 0.05) is 10.9 Å². The van der Waals surface area contributed by atoms with E-state index in [1.807, 2.05) is 24.3 Å². The molecule has 2 heteroatoms. The summed E-state index contributed by atoms with van der Waals surface area (Å²) in [6.07, 6.45) is 2.20. The highest BCUT2D eigenvalue weighted by Gasteiger charge is 2.46. The molecule has 1 aromatic rings. The summed E-state index contributed by atoms with van der Waals surface area (Å²) < 4.78 is 0. The Morgan fingerprint density at radius 2 is 1.77 bits per heavy atom. The maximum atomic E-state index is 6.30. The summed E-state index contributed by atoms with van der Waals surface area (Å²) in [5, 5.41) is 0.774. The van der Waals surface area contributed by atoms with Crippen molar-refractivity contribution < 1.29 is 0 Å². The molecule has 0 atom stereocenters. The van der Waals surface area contributed by atoms with E-state index >= 15 is 0 Å². The van der Waals surface area contributed by atoms with E-state index in [1.165, 1.54) is 11.5 Å². The van der Waals surface area contributed by atoms with Gasteiger partial charge in [-0.15, -0.1) is 11.6 Å². The molecule has 0 aliphatic heterocycles. The quantitative estimate of drug-likeness (QED) is 0.651. The van der Waals surface area contributed by atoms with Crippen LogP contribution in [0.15, 0.2) is 24.3 Å². The van der Waals surface area contributed by atoms with Crippen molar-refractivity contribution in [2.75, 3.05) is 0 Å². The van der Waals surface area contributed by atoms with Gasteiger partial charge in [0.2, 0.25) is 0 Å². The first-order valence-corrected chi connectivity index (χ1v) is 5.16. The summed E-state index contributed by atoms with van der Waals surface area (Å²) in [5.74, 6) is 1.27. The van der Waals surface area contributed by atoms with Crippen molar-refractivity contribution in [1.29, 1.82) is 0 Å². The van der Waals surface area contributed by atoms with Crippen molar-refractivity contribution in [3.05, 3.63) is 40.8 Å². The maximum absolute atomic E-state index is 6.30. The average molecular weight is 214 g/mol. The summed E-state index contributed by atoms with van der Waals surface area (Å²) in [6, 6.07) is 7.87. The van der Waals surface area contributed by atoms with Gasteiger partial charge in [0.25, 0.3) is 0 Å². The smallest absolute Gasteiger partial charge is 0.0550 e. The van der Waals surface area contributed by atoms with Gasteiger partial charge in [0.05, 0.1) is 4.87 Å². The predicted molar refractivity (Wildman–Crippen MR) is 57.3 cm³/mol. The zero-order chi connectivity index (χ0) is 9.47. The minimum absolute atomic E-state index is 0.0478. The van der Waals surface area contributed by atoms with Crippen LogP contribution in [0.25, 0.3) is 0 Å². The molecule has 1 radical (unpaired) electrons. The lowest BCUT2D eigenvalue weighted by molar-refractivity contribution is 0.915. The van der Waals surface area contributed by atoms with Crippen LogP contribution < -0.4 is 0 Å². The normalized spacial score (nSPS) is 19.1. The Balaban J connectivity index is 2.20. The van der Waals surface area contributed by atoms with Crippen LogP contribution in [-0.2, 0) is 0 Å². The van der Waals surface area contributed by atoms with Crippen molar-refractivity contribution in [2.24, 2.45) is 0 Å². The van der Waals surface area contributed by atoms with E-state index in [2.05, 4.69) is 6.92 Å². The topological polar surface area (TPSA) is 0 Å². The van der Waals surface area contributed by atoms with Crippen LogP contribution in [0.2, 0.25) is 5.02 Å². The van der Waals surface area contributed by atoms with Crippen LogP contribution in [0.4, 0.5) is 0 Å². The van der Waals surface area contributed by atoms with Crippen molar-refractivity contribution in [2.45, 2.75) is 24.6 Å². The third-order valence-corrected chi connectivity index (χ3v) is 3.55. The van der Waals surface area contributed by atoms with Gasteiger partial charge in [-0.25, -0.2) is 0 Å². The van der Waals surface area contributed by atoms with E-state index < -0.39 is 0 Å². The third kappa shape index (κ3) is 1.84. The molecule has 1 aliphatic carbocycles. The van der Waals surface area contributed by atoms with Gasteiger partial charge in [-0.2, -0.15) is 0 Å². The lowest BCUT2D eigenvalue weighted by Gasteiger charge is -2.16. The highest BCUT2D eigenvalue weighted by Crippen LogP contribution is 2.52. The Morgan fingerprint density at radius 1 is 1.23 bits per heavy atom. The monoisotopic (exact) mass is 213 g/mol. The van der Waals surface area contributed by atoms with E-state index in [4.69, 9.17) is 23.2 Å². The molecule has 69 valence electrons. The Kier molecular flexibility index (Phi) is 2.29. The molecule has 0 heterocycles. The van der Waals surface area contributed by atoms with Crippen LogP contribution in [-0.4, -0.2) is 4.87 Å². The number of rotatable bonds is 2. The van der Waals surface area contributed by atoms with E-state index in [1.54, 1.807) is 0 Å². The van der Waals surface area contributed by atoms with Crippen molar-refractivity contribution in [1.82, 2.24) is 0 Å². The largest absolute Gasteiger partial charge is 0.118 e. The number of benzene rings is 1. The molecule has 0 nitrogen and oxygen atoms in total. The lowest BCUT2D eigenvalue weighted by atomic mass is 9.96. The number of hydrogen-bond acceptors (Lipinski definition) is 0. The Hall–Kier alpha value is -0.200. The van der Waals surface area contributed by atoms with Gasteiger partial charge in [0.1, 0.15) is 0 Å². The first kappa shape index (κ1) is 9.36. The van der Waals surface area contributed by atoms with Crippen LogP contribution in [0.1, 0.15) is 25.3 Å². The summed E-state index contributed by atoms with van der Waals surface area (Å²) in [5.41, 5.74) is 1.21. The van der Waals surface area contributed by atoms with E-state index in [0.29, 0.717) is 0 Å². The van der Waals surface area contributed by atoms with Crippen LogP contribution >= 0.6 is 23.2 Å². The average Bonchev–Trinajstić information content (AvgIpc) is 2.85. The van der Waals surface area contributed by atoms with E-state index in [-0.39, 0.29) is 4.87 Å². The Labute approximate surface area is 88.9 Å². The standard InChI is InChI=1S/C11H11Cl2/c1-8(11(13)6-7-11)9-2-4-10(12)5-3-9/h2-5H,6-7H2,1H3. The van der Waals surface area contributed by atoms with Crippen LogP contribution in [0, 0.1) is 5.92 Å². The fourth-order valence-electron chi connectivity index (χ4n) is 1.44. The number of halogens is 2. The van der Waals surface area contributed by atoms with Crippen molar-refractivity contribution in [3.8, 4) is 0 Å². The first-order valence-electron chi connectivity index (χ1n) is 4.41. The fourth-order valence-corrected chi connectivity index (χ4v) is 1.77. The molecular formula is C11H11Cl2. The van der Waals surface area contributed by atoms with Crippen LogP contribution in [0.3, 0.4) is 0 Å². The molecule has 1 fully saturated rings. The second kappa shape index (κ2) is 3.18. The molecule has 0 saturated heterocycles. The minimum atomic E-state index is -0.0478. The molecule has 0 N–H and O–H groups in total. The minimum Gasteiger partial charge on any atom is -0.118 e. The molecule has 2 rings (SSSR count). The van der Waals surface area contributed by atoms with Gasteiger partial charge in [-0.3, -0.25) is 0 Å². The molecule has 1 saturated carbocycles. The van der Waals surface area contributed by atoms with Crippen LogP contribution in [0.5, 0.6) is 0 Å². The zero-order valence-corrected chi connectivity index (χ0v) is 8.99. The SMILES string of the molecule is C[C](c1ccc(Cl)cc1)C1(Cl)CC1. The zero-order valence-electron chi connectivity index (χ0n) is 7.48. The first-order chi connectivity index (χ1) is 6.12. The lowest BCUT2D eigenvalue weighted by Crippen LogP contribution is -2.10. The molecule has 0 aromatic heterocycles. The molecule has 1 aromatic carbocycles. The van der Waals surface area contributed by atoms with Crippen molar-refractivity contribution in [3.63, 3.8) is 0 Å². The summed E-state index contributed by atoms with van der Waals surface area (Å²) in [7, 11) is 0. The molecule has 0 spiro atoms. The summed E-state index contributed by atoms with van der Waals surface area (Å²) in [4.78, 5) is -0.0478. The number of alkyl halides is 1. The predicted octanol–water partition coefficient (Wildman–Crippen LogP) is 4.05. The number of hydrogen-bond donors (Lipinski definition) is 0. The van der Waals surface area contributed by atoms with Gasteiger partial charge in [-0.05, 0) is 30.5 Å². The molecule has 13 heavy (non-hydrogen) atoms. The maximum Gasteiger partial charge on any atom is 0.0550 e. The Morgan fingerprint density at radius 3 is 2.23 bits per heavy atom. The molecule has 0 bridgehead atoms. The van der Waals surface area contributed by atoms with E-state index in [9.17, 15) is 0 Å². The molecule has 1 aliphatic rings. The van der Waals surface area contributed by atoms with Crippen molar-refractivity contribution >= 4 is 23.2 Å². The molecule has 0 unspecified atom stereocenters. The van der Waals surface area contributed by atoms with Gasteiger partial charge in [0.15, 0.2) is 0 Å². The van der Waals surface area contributed by atoms with Gasteiger partial charge in [-0.1, -0.05) is 30.7 Å². The summed E-state index contributed by atoms with van der Waals surface area (Å²) >= 11 is 12.1. The fraction of sp³-hybridized carbons (Fsp3) is 0.364. The highest BCUT2D eigenvalue weighted by atomic mass is 35.5. The summed E-state index contributed by atoms with van der Waals surface area (Å²) in [6.45, 7) is 2.10. The van der Waals surface area contributed by atoms with E-state index in [0.717, 1.165) is 17.9 Å². The highest BCUT2D eigenvalue weighted by molar-refractivity contribution is 6.30. The Bertz CT molecular complexity index is 298.